The molecule has 0 spiro atoms. The Kier molecular flexibility index (Phi) is 7.57. The molecule has 0 fully saturated rings. The minimum Gasteiger partial charge on any atom is -1.00 e. The summed E-state index contributed by atoms with van der Waals surface area (Å²) in [6, 6.07) is 0. The Balaban J connectivity index is 0. The van der Waals surface area contributed by atoms with Gasteiger partial charge in [-0.1, -0.05) is 6.58 Å². The van der Waals surface area contributed by atoms with Crippen molar-refractivity contribution in [3.05, 3.63) is 24.9 Å². The number of hydrogen-bond acceptors (Lipinski definition) is 1. The van der Waals surface area contributed by atoms with Crippen molar-refractivity contribution in [2.24, 2.45) is 0 Å². The molecule has 0 heterocycles. The Bertz CT molecular complexity index is 194. The van der Waals surface area contributed by atoms with Crippen molar-refractivity contribution in [2.75, 3.05) is 27.7 Å². The Hall–Kier alpha value is -0.800. The zero-order valence-electron chi connectivity index (χ0n) is 8.38. The van der Waals surface area contributed by atoms with Gasteiger partial charge >= 0.3 is 0 Å². The van der Waals surface area contributed by atoms with Crippen molar-refractivity contribution >= 4 is 5.91 Å². The molecule has 4 heteroatoms. The molecule has 3 nitrogen and oxygen atoms in total. The van der Waals surface area contributed by atoms with Crippen LogP contribution in [0, 0.1) is 0 Å². The molecule has 0 aromatic carbocycles. The predicted octanol–water partition coefficient (Wildman–Crippen LogP) is -2.49. The van der Waals surface area contributed by atoms with Gasteiger partial charge in [-0.2, -0.15) is 0 Å². The second kappa shape index (κ2) is 6.69. The molecular formula is C9H17ClN2O. The Morgan fingerprint density at radius 1 is 1.46 bits per heavy atom. The summed E-state index contributed by atoms with van der Waals surface area (Å²) in [7, 11) is 6.14. The van der Waals surface area contributed by atoms with Gasteiger partial charge in [0, 0.05) is 6.54 Å². The van der Waals surface area contributed by atoms with Crippen LogP contribution in [0.1, 0.15) is 0 Å². The highest BCUT2D eigenvalue weighted by Crippen LogP contribution is 1.89. The summed E-state index contributed by atoms with van der Waals surface area (Å²) < 4.78 is 0.754. The molecule has 0 saturated carbocycles. The molecule has 0 atom stereocenters. The van der Waals surface area contributed by atoms with Crippen LogP contribution in [0.3, 0.4) is 0 Å². The largest absolute Gasteiger partial charge is 1.00 e. The summed E-state index contributed by atoms with van der Waals surface area (Å²) in [5.41, 5.74) is 0. The molecule has 0 aromatic heterocycles. The molecule has 0 rings (SSSR count). The maximum Gasteiger partial charge on any atom is 0.243 e. The Labute approximate surface area is 86.1 Å². The van der Waals surface area contributed by atoms with Gasteiger partial charge in [0.2, 0.25) is 5.91 Å². The van der Waals surface area contributed by atoms with Crippen molar-refractivity contribution in [3.8, 4) is 0 Å². The molecule has 13 heavy (non-hydrogen) atoms. The summed E-state index contributed by atoms with van der Waals surface area (Å²) in [5, 5.41) is 2.65. The van der Waals surface area contributed by atoms with Crippen LogP contribution < -0.4 is 17.7 Å². The fraction of sp³-hybridized carbons (Fsp3) is 0.444. The number of hydrogen-bond donors (Lipinski definition) is 1. The normalized spacial score (nSPS) is 10.7. The summed E-state index contributed by atoms with van der Waals surface area (Å²) in [6.45, 7) is 3.90. The van der Waals surface area contributed by atoms with Crippen LogP contribution in [0.5, 0.6) is 0 Å². The van der Waals surface area contributed by atoms with Gasteiger partial charge in [0.25, 0.3) is 0 Å². The molecule has 1 N–H and O–H groups in total. The maximum absolute atomic E-state index is 10.7. The van der Waals surface area contributed by atoms with Crippen LogP contribution >= 0.6 is 0 Å². The first-order valence-electron chi connectivity index (χ1n) is 3.85. The fourth-order valence-electron chi connectivity index (χ4n) is 0.601. The van der Waals surface area contributed by atoms with Crippen molar-refractivity contribution < 1.29 is 21.7 Å². The van der Waals surface area contributed by atoms with Crippen LogP contribution in [0.15, 0.2) is 24.9 Å². The topological polar surface area (TPSA) is 29.1 Å². The molecule has 0 bridgehead atoms. The highest BCUT2D eigenvalue weighted by atomic mass is 35.5. The summed E-state index contributed by atoms with van der Waals surface area (Å²) in [5.74, 6) is -0.138. The van der Waals surface area contributed by atoms with E-state index < -0.39 is 0 Å². The van der Waals surface area contributed by atoms with Crippen LogP contribution in [0.25, 0.3) is 0 Å². The third-order valence-corrected chi connectivity index (χ3v) is 1.13. The molecule has 0 saturated heterocycles. The van der Waals surface area contributed by atoms with Crippen molar-refractivity contribution in [1.82, 2.24) is 5.32 Å². The van der Waals surface area contributed by atoms with Crippen molar-refractivity contribution in [1.29, 1.82) is 0 Å². The second-order valence-corrected chi connectivity index (χ2v) is 3.45. The van der Waals surface area contributed by atoms with E-state index in [0.29, 0.717) is 6.54 Å². The molecular weight excluding hydrogens is 188 g/mol. The molecule has 76 valence electrons. The van der Waals surface area contributed by atoms with Gasteiger partial charge < -0.3 is 22.2 Å². The predicted molar refractivity (Wildman–Crippen MR) is 50.4 cm³/mol. The molecule has 0 radical (unpaired) electrons. The van der Waals surface area contributed by atoms with Gasteiger partial charge in [0.1, 0.15) is 0 Å². The zero-order chi connectivity index (χ0) is 9.61. The van der Waals surface area contributed by atoms with Gasteiger partial charge in [-0.25, -0.2) is 0 Å². The van der Waals surface area contributed by atoms with E-state index in [-0.39, 0.29) is 18.3 Å². The van der Waals surface area contributed by atoms with Crippen LogP contribution in [-0.4, -0.2) is 38.1 Å². The van der Waals surface area contributed by atoms with Gasteiger partial charge in [-0.3, -0.25) is 4.79 Å². The third-order valence-electron chi connectivity index (χ3n) is 1.13. The average molecular weight is 205 g/mol. The smallest absolute Gasteiger partial charge is 0.243 e. The lowest BCUT2D eigenvalue weighted by Crippen LogP contribution is -3.00. The summed E-state index contributed by atoms with van der Waals surface area (Å²) >= 11 is 0. The standard InChI is InChI=1S/C9H16N2O.ClH/c1-5-9(12)10-7-6-8-11(2,3)4;/h5-6,8H,1,7H2,2-4H3;1H. The highest BCUT2D eigenvalue weighted by Gasteiger charge is 1.98. The number of nitrogens with one attached hydrogen (secondary N) is 1. The van der Waals surface area contributed by atoms with Crippen molar-refractivity contribution in [2.45, 2.75) is 0 Å². The number of rotatable bonds is 4. The van der Waals surface area contributed by atoms with E-state index >= 15 is 0 Å². The van der Waals surface area contributed by atoms with E-state index in [4.69, 9.17) is 0 Å². The van der Waals surface area contributed by atoms with Crippen LogP contribution in [-0.2, 0) is 4.79 Å². The van der Waals surface area contributed by atoms with E-state index in [1.165, 1.54) is 6.08 Å². The Morgan fingerprint density at radius 2 is 2.00 bits per heavy atom. The lowest BCUT2D eigenvalue weighted by Gasteiger charge is -2.17. The van der Waals surface area contributed by atoms with Crippen LogP contribution in [0.2, 0.25) is 0 Å². The first kappa shape index (κ1) is 14.7. The lowest BCUT2D eigenvalue weighted by atomic mass is 10.5. The first-order valence-corrected chi connectivity index (χ1v) is 3.85. The Morgan fingerprint density at radius 3 is 2.38 bits per heavy atom. The number of halogens is 1. The minimum atomic E-state index is -0.138. The van der Waals surface area contributed by atoms with E-state index in [0.717, 1.165) is 4.48 Å². The third kappa shape index (κ3) is 11.2. The van der Waals surface area contributed by atoms with Crippen molar-refractivity contribution in [3.63, 3.8) is 0 Å². The second-order valence-electron chi connectivity index (χ2n) is 3.45. The van der Waals surface area contributed by atoms with E-state index in [1.54, 1.807) is 0 Å². The molecule has 0 aliphatic carbocycles. The average Bonchev–Trinajstić information content (AvgIpc) is 1.96. The number of nitrogens with zero attached hydrogens (tertiary/aromatic N) is 1. The highest BCUT2D eigenvalue weighted by molar-refractivity contribution is 5.86. The van der Waals surface area contributed by atoms with Gasteiger partial charge in [-0.05, 0) is 12.2 Å². The number of carbonyl (C=O) groups is 1. The lowest BCUT2D eigenvalue weighted by molar-refractivity contribution is -0.817. The number of carbonyl (C=O) groups excluding carboxylic acids is 1. The van der Waals surface area contributed by atoms with E-state index in [2.05, 4.69) is 11.9 Å². The molecule has 0 unspecified atom stereocenters. The van der Waals surface area contributed by atoms with Gasteiger partial charge in [0.15, 0.2) is 0 Å². The fourth-order valence-corrected chi connectivity index (χ4v) is 0.601. The zero-order valence-corrected chi connectivity index (χ0v) is 9.14. The van der Waals surface area contributed by atoms with E-state index in [9.17, 15) is 4.79 Å². The number of quaternary nitrogens is 1. The van der Waals surface area contributed by atoms with Gasteiger partial charge in [-0.15, -0.1) is 0 Å². The summed E-state index contributed by atoms with van der Waals surface area (Å²) in [6.07, 6.45) is 5.19. The maximum atomic E-state index is 10.7. The quantitative estimate of drug-likeness (QED) is 0.399. The van der Waals surface area contributed by atoms with Crippen LogP contribution in [0.4, 0.5) is 0 Å². The molecule has 1 amide bonds. The number of amides is 1. The molecule has 0 aromatic rings. The SMILES string of the molecule is C=CC(=O)NCC=C[N+](C)(C)C.[Cl-]. The molecule has 0 aliphatic heterocycles. The molecule has 0 aliphatic rings. The van der Waals surface area contributed by atoms with Gasteiger partial charge in [0.05, 0.1) is 27.3 Å². The first-order chi connectivity index (χ1) is 5.45. The monoisotopic (exact) mass is 204 g/mol. The van der Waals surface area contributed by atoms with E-state index in [1.807, 2.05) is 33.4 Å². The minimum absolute atomic E-state index is 0. The summed E-state index contributed by atoms with van der Waals surface area (Å²) in [4.78, 5) is 10.7.